The van der Waals surface area contributed by atoms with Crippen molar-refractivity contribution in [3.8, 4) is 5.75 Å². The monoisotopic (exact) mass is 572 g/mol. The smallest absolute Gasteiger partial charge is 0.330 e. The molecule has 3 fully saturated rings. The number of hydrogen-bond donors (Lipinski definition) is 1. The van der Waals surface area contributed by atoms with Gasteiger partial charge in [0.15, 0.2) is 12.6 Å². The molecule has 3 aliphatic rings. The van der Waals surface area contributed by atoms with Gasteiger partial charge in [-0.25, -0.2) is 4.79 Å². The third-order valence-electron chi connectivity index (χ3n) is 8.13. The average molecular weight is 573 g/mol. The topological polar surface area (TPSA) is 92.7 Å². The molecule has 0 aromatic heterocycles. The lowest BCUT2D eigenvalue weighted by Gasteiger charge is -2.30. The molecule has 2 aliphatic heterocycles. The van der Waals surface area contributed by atoms with E-state index in [4.69, 9.17) is 23.7 Å². The van der Waals surface area contributed by atoms with Crippen molar-refractivity contribution < 1.29 is 38.3 Å². The summed E-state index contributed by atoms with van der Waals surface area (Å²) in [5, 5.41) is 10.8. The lowest BCUT2D eigenvalue weighted by atomic mass is 9.87. The first-order valence-electron chi connectivity index (χ1n) is 15.4. The molecule has 228 valence electrons. The molecule has 3 unspecified atom stereocenters. The van der Waals surface area contributed by atoms with Crippen LogP contribution in [0.3, 0.4) is 0 Å². The summed E-state index contributed by atoms with van der Waals surface area (Å²) >= 11 is 0. The number of rotatable bonds is 15. The SMILES string of the molecule is COC(=O)/C=C/CCCC[C@@H]1[C@@H](/C=C/C(O)COc2ccccc2)[C@H](OC2CCCCO2)C[C@@H]1OC1CCCCO1. The molecule has 1 saturated carbocycles. The van der Waals surface area contributed by atoms with Crippen molar-refractivity contribution in [3.63, 3.8) is 0 Å². The van der Waals surface area contributed by atoms with E-state index < -0.39 is 6.10 Å². The summed E-state index contributed by atoms with van der Waals surface area (Å²) in [4.78, 5) is 11.4. The minimum Gasteiger partial charge on any atom is -0.491 e. The summed E-state index contributed by atoms with van der Waals surface area (Å²) < 4.78 is 35.6. The third-order valence-corrected chi connectivity index (χ3v) is 8.13. The van der Waals surface area contributed by atoms with Gasteiger partial charge in [-0.1, -0.05) is 42.8 Å². The van der Waals surface area contributed by atoms with E-state index in [-0.39, 0.29) is 49.2 Å². The van der Waals surface area contributed by atoms with E-state index in [1.165, 1.54) is 13.2 Å². The fourth-order valence-corrected chi connectivity index (χ4v) is 5.96. The van der Waals surface area contributed by atoms with Crippen LogP contribution in [-0.2, 0) is 28.5 Å². The molecular formula is C33H48O8. The predicted molar refractivity (Wildman–Crippen MR) is 155 cm³/mol. The molecule has 1 aromatic rings. The van der Waals surface area contributed by atoms with Crippen molar-refractivity contribution in [2.75, 3.05) is 26.9 Å². The van der Waals surface area contributed by atoms with Crippen molar-refractivity contribution in [2.45, 2.75) is 102 Å². The number of para-hydroxylation sites is 1. The first-order valence-corrected chi connectivity index (χ1v) is 15.4. The van der Waals surface area contributed by atoms with Gasteiger partial charge in [0, 0.05) is 31.6 Å². The molecule has 8 heteroatoms. The zero-order valence-corrected chi connectivity index (χ0v) is 24.4. The average Bonchev–Trinajstić information content (AvgIpc) is 3.32. The molecule has 2 saturated heterocycles. The second kappa shape index (κ2) is 17.7. The molecule has 0 spiro atoms. The largest absolute Gasteiger partial charge is 0.491 e. The maximum atomic E-state index is 11.4. The number of allylic oxidation sites excluding steroid dienone is 1. The molecule has 0 radical (unpaired) electrons. The van der Waals surface area contributed by atoms with Gasteiger partial charge in [0.05, 0.1) is 19.3 Å². The number of ether oxygens (including phenoxy) is 6. The standard InChI is InChI=1S/C33H48O8/c1-36-31(35)16-8-3-2-7-15-27-28(20-19-25(34)24-39-26-13-5-4-6-14-26)30(41-33-18-10-12-22-38-33)23-29(27)40-32-17-9-11-21-37-32/h4-6,8,13-14,16,19-20,25,27-30,32-34H,2-3,7,9-12,15,17-18,21-24H2,1H3/b16-8+,20-19+/t25?,27-,28-,29+,30-,32?,33?/m1/s1. The second-order valence-electron chi connectivity index (χ2n) is 11.2. The maximum Gasteiger partial charge on any atom is 0.330 e. The quantitative estimate of drug-likeness (QED) is 0.123. The van der Waals surface area contributed by atoms with Gasteiger partial charge in [-0.2, -0.15) is 0 Å². The number of carbonyl (C=O) groups excluding carboxylic acids is 1. The van der Waals surface area contributed by atoms with E-state index in [9.17, 15) is 9.90 Å². The maximum absolute atomic E-state index is 11.4. The predicted octanol–water partition coefficient (Wildman–Crippen LogP) is 5.73. The number of esters is 1. The van der Waals surface area contributed by atoms with Crippen molar-refractivity contribution in [1.29, 1.82) is 0 Å². The molecule has 0 amide bonds. The van der Waals surface area contributed by atoms with Crippen molar-refractivity contribution >= 4 is 5.97 Å². The number of benzene rings is 1. The minimum absolute atomic E-state index is 0.00957. The fraction of sp³-hybridized carbons (Fsp3) is 0.667. The molecule has 1 aromatic carbocycles. The fourth-order valence-electron chi connectivity index (χ4n) is 5.96. The highest BCUT2D eigenvalue weighted by atomic mass is 16.7. The van der Waals surface area contributed by atoms with Gasteiger partial charge in [-0.15, -0.1) is 0 Å². The van der Waals surface area contributed by atoms with Crippen molar-refractivity contribution in [1.82, 2.24) is 0 Å². The Bertz CT molecular complexity index is 922. The van der Waals surface area contributed by atoms with Crippen LogP contribution in [0.25, 0.3) is 0 Å². The summed E-state index contributed by atoms with van der Waals surface area (Å²) in [5.41, 5.74) is 0. The summed E-state index contributed by atoms with van der Waals surface area (Å²) in [6.07, 6.45) is 16.7. The first kappa shape index (κ1) is 31.7. The lowest BCUT2D eigenvalue weighted by Crippen LogP contribution is -2.31. The number of aliphatic hydroxyl groups excluding tert-OH is 1. The summed E-state index contributed by atoms with van der Waals surface area (Å²) in [7, 11) is 1.39. The van der Waals surface area contributed by atoms with Gasteiger partial charge in [-0.3, -0.25) is 0 Å². The normalized spacial score (nSPS) is 29.6. The van der Waals surface area contributed by atoms with E-state index in [2.05, 4.69) is 10.8 Å². The Labute approximate surface area is 245 Å². The van der Waals surface area contributed by atoms with Gasteiger partial charge in [0.1, 0.15) is 18.5 Å². The number of hydrogen-bond acceptors (Lipinski definition) is 8. The summed E-state index contributed by atoms with van der Waals surface area (Å²) in [5.74, 6) is 0.673. The van der Waals surface area contributed by atoms with Gasteiger partial charge in [0.2, 0.25) is 0 Å². The Morgan fingerprint density at radius 3 is 2.37 bits per heavy atom. The lowest BCUT2D eigenvalue weighted by molar-refractivity contribution is -0.204. The van der Waals surface area contributed by atoms with Crippen LogP contribution in [0.5, 0.6) is 5.75 Å². The van der Waals surface area contributed by atoms with Gasteiger partial charge < -0.3 is 33.5 Å². The molecule has 1 N–H and O–H groups in total. The van der Waals surface area contributed by atoms with Gasteiger partial charge in [-0.05, 0) is 75.8 Å². The first-order chi connectivity index (χ1) is 20.1. The van der Waals surface area contributed by atoms with E-state index in [0.717, 1.165) is 89.6 Å². The number of aliphatic hydroxyl groups is 1. The van der Waals surface area contributed by atoms with Crippen LogP contribution in [-0.4, -0.2) is 68.9 Å². The van der Waals surface area contributed by atoms with Crippen molar-refractivity contribution in [3.05, 3.63) is 54.6 Å². The van der Waals surface area contributed by atoms with E-state index >= 15 is 0 Å². The molecular weight excluding hydrogens is 524 g/mol. The molecule has 8 nitrogen and oxygen atoms in total. The highest BCUT2D eigenvalue weighted by Crippen LogP contribution is 2.42. The van der Waals surface area contributed by atoms with Crippen LogP contribution in [0.2, 0.25) is 0 Å². The molecule has 4 rings (SSSR count). The van der Waals surface area contributed by atoms with Crippen LogP contribution in [0.4, 0.5) is 0 Å². The second-order valence-corrected chi connectivity index (χ2v) is 11.2. The molecule has 0 bridgehead atoms. The molecule has 1 aliphatic carbocycles. The zero-order valence-electron chi connectivity index (χ0n) is 24.4. The van der Waals surface area contributed by atoms with Crippen LogP contribution in [0, 0.1) is 11.8 Å². The van der Waals surface area contributed by atoms with Gasteiger partial charge in [0.25, 0.3) is 0 Å². The Kier molecular flexibility index (Phi) is 13.7. The van der Waals surface area contributed by atoms with Crippen LogP contribution in [0.1, 0.15) is 70.6 Å². The number of unbranched alkanes of at least 4 members (excludes halogenated alkanes) is 2. The van der Waals surface area contributed by atoms with E-state index in [1.54, 1.807) is 0 Å². The van der Waals surface area contributed by atoms with Crippen LogP contribution in [0.15, 0.2) is 54.6 Å². The van der Waals surface area contributed by atoms with Crippen molar-refractivity contribution in [2.24, 2.45) is 11.8 Å². The Morgan fingerprint density at radius 1 is 1.00 bits per heavy atom. The summed E-state index contributed by atoms with van der Waals surface area (Å²) in [6.45, 7) is 1.64. The Morgan fingerprint density at radius 2 is 1.71 bits per heavy atom. The third kappa shape index (κ3) is 10.8. The molecule has 41 heavy (non-hydrogen) atoms. The van der Waals surface area contributed by atoms with Gasteiger partial charge >= 0.3 is 5.97 Å². The molecule has 2 heterocycles. The molecule has 7 atom stereocenters. The minimum atomic E-state index is -0.743. The van der Waals surface area contributed by atoms with Crippen LogP contribution >= 0.6 is 0 Å². The number of methoxy groups -OCH3 is 1. The highest BCUT2D eigenvalue weighted by Gasteiger charge is 2.45. The van der Waals surface area contributed by atoms with Crippen LogP contribution < -0.4 is 4.74 Å². The van der Waals surface area contributed by atoms with E-state index in [0.29, 0.717) is 0 Å². The Balaban J connectivity index is 1.43. The zero-order chi connectivity index (χ0) is 28.7. The van der Waals surface area contributed by atoms with E-state index in [1.807, 2.05) is 42.5 Å². The summed E-state index contributed by atoms with van der Waals surface area (Å²) in [6, 6.07) is 9.53. The highest BCUT2D eigenvalue weighted by molar-refractivity contribution is 5.81. The Hall–Kier alpha value is -2.23. The number of carbonyl (C=O) groups is 1.